The van der Waals surface area contributed by atoms with E-state index in [4.69, 9.17) is 5.73 Å². The van der Waals surface area contributed by atoms with Crippen molar-refractivity contribution in [1.82, 2.24) is 10.2 Å². The third-order valence-corrected chi connectivity index (χ3v) is 2.53. The minimum atomic E-state index is -0.524. The Labute approximate surface area is 93.1 Å². The van der Waals surface area contributed by atoms with Gasteiger partial charge in [-0.05, 0) is 22.0 Å². The van der Waals surface area contributed by atoms with Crippen LogP contribution in [0.4, 0.5) is 10.2 Å². The van der Waals surface area contributed by atoms with Gasteiger partial charge in [0.15, 0.2) is 0 Å². The van der Waals surface area contributed by atoms with E-state index in [1.165, 1.54) is 6.07 Å². The summed E-state index contributed by atoms with van der Waals surface area (Å²) in [7, 11) is 0. The van der Waals surface area contributed by atoms with Crippen molar-refractivity contribution in [2.24, 2.45) is 0 Å². The molecular formula is C9H7BrFN3O. The van der Waals surface area contributed by atoms with E-state index in [0.717, 1.165) is 6.07 Å². The largest absolute Gasteiger partial charge is 0.507 e. The molecule has 2 rings (SSSR count). The highest BCUT2D eigenvalue weighted by Gasteiger charge is 2.11. The van der Waals surface area contributed by atoms with E-state index in [2.05, 4.69) is 26.1 Å². The standard InChI is InChI=1S/C9H7BrFN3O/c10-5-1-4(8(15)2-6(5)11)7-3-9(12)14-13-7/h1-3,15H,(H3,12,13,14). The maximum absolute atomic E-state index is 13.0. The number of benzene rings is 1. The maximum Gasteiger partial charge on any atom is 0.145 e. The molecule has 0 aliphatic carbocycles. The highest BCUT2D eigenvalue weighted by atomic mass is 79.9. The third-order valence-electron chi connectivity index (χ3n) is 1.93. The molecule has 0 spiro atoms. The number of anilines is 1. The van der Waals surface area contributed by atoms with Gasteiger partial charge in [-0.25, -0.2) is 4.39 Å². The monoisotopic (exact) mass is 271 g/mol. The van der Waals surface area contributed by atoms with E-state index in [1.807, 2.05) is 0 Å². The van der Waals surface area contributed by atoms with Gasteiger partial charge in [0.1, 0.15) is 17.4 Å². The Morgan fingerprint density at radius 3 is 2.73 bits per heavy atom. The first-order valence-corrected chi connectivity index (χ1v) is 4.86. The van der Waals surface area contributed by atoms with Crippen LogP contribution in [0.5, 0.6) is 5.75 Å². The number of nitrogens with zero attached hydrogens (tertiary/aromatic N) is 1. The maximum atomic E-state index is 13.0. The van der Waals surface area contributed by atoms with Crippen LogP contribution in [0.1, 0.15) is 0 Å². The second-order valence-corrected chi connectivity index (χ2v) is 3.84. The Balaban J connectivity index is 2.58. The zero-order chi connectivity index (χ0) is 11.0. The van der Waals surface area contributed by atoms with Gasteiger partial charge >= 0.3 is 0 Å². The molecule has 0 bridgehead atoms. The molecule has 4 N–H and O–H groups in total. The molecule has 2 aromatic rings. The SMILES string of the molecule is Nc1cc(-c2cc(Br)c(F)cc2O)[nH]n1. The molecule has 15 heavy (non-hydrogen) atoms. The molecule has 1 aromatic heterocycles. The normalized spacial score (nSPS) is 10.5. The molecule has 6 heteroatoms. The molecule has 0 saturated heterocycles. The number of aromatic amines is 1. The Morgan fingerprint density at radius 2 is 2.13 bits per heavy atom. The summed E-state index contributed by atoms with van der Waals surface area (Å²) in [4.78, 5) is 0. The van der Waals surface area contributed by atoms with E-state index >= 15 is 0 Å². The molecule has 0 unspecified atom stereocenters. The van der Waals surface area contributed by atoms with Crippen molar-refractivity contribution in [3.05, 3.63) is 28.5 Å². The van der Waals surface area contributed by atoms with Crippen molar-refractivity contribution in [2.45, 2.75) is 0 Å². The summed E-state index contributed by atoms with van der Waals surface area (Å²) in [6, 6.07) is 4.04. The number of hydrogen-bond acceptors (Lipinski definition) is 3. The molecule has 78 valence electrons. The van der Waals surface area contributed by atoms with E-state index < -0.39 is 5.82 Å². The number of aromatic nitrogens is 2. The summed E-state index contributed by atoms with van der Waals surface area (Å²) in [5.41, 5.74) is 6.39. The summed E-state index contributed by atoms with van der Waals surface area (Å²) in [5, 5.41) is 15.9. The van der Waals surface area contributed by atoms with Crippen LogP contribution in [0, 0.1) is 5.82 Å². The number of nitrogens with one attached hydrogen (secondary N) is 1. The lowest BCUT2D eigenvalue weighted by molar-refractivity contribution is 0.470. The van der Waals surface area contributed by atoms with E-state index in [0.29, 0.717) is 17.1 Å². The average molecular weight is 272 g/mol. The summed E-state index contributed by atoms with van der Waals surface area (Å²) in [6.07, 6.45) is 0. The molecule has 0 aliphatic heterocycles. The lowest BCUT2D eigenvalue weighted by atomic mass is 10.1. The molecule has 0 aliphatic rings. The molecule has 1 heterocycles. The van der Waals surface area contributed by atoms with Crippen LogP contribution in [0.25, 0.3) is 11.3 Å². The zero-order valence-electron chi connectivity index (χ0n) is 7.46. The molecule has 0 saturated carbocycles. The van der Waals surface area contributed by atoms with Crippen LogP contribution in [-0.4, -0.2) is 15.3 Å². The van der Waals surface area contributed by atoms with Gasteiger partial charge in [0.05, 0.1) is 10.2 Å². The van der Waals surface area contributed by atoms with Crippen molar-refractivity contribution >= 4 is 21.7 Å². The molecule has 0 amide bonds. The molecule has 0 fully saturated rings. The average Bonchev–Trinajstić information content (AvgIpc) is 2.58. The first kappa shape index (κ1) is 9.97. The van der Waals surface area contributed by atoms with Gasteiger partial charge < -0.3 is 10.8 Å². The Hall–Kier alpha value is -1.56. The second-order valence-electron chi connectivity index (χ2n) is 2.99. The van der Waals surface area contributed by atoms with Crippen molar-refractivity contribution < 1.29 is 9.50 Å². The van der Waals surface area contributed by atoms with Crippen LogP contribution in [0.2, 0.25) is 0 Å². The summed E-state index contributed by atoms with van der Waals surface area (Å²) in [5.74, 6) is -0.382. The van der Waals surface area contributed by atoms with Gasteiger partial charge in [-0.3, -0.25) is 5.10 Å². The van der Waals surface area contributed by atoms with E-state index in [-0.39, 0.29) is 10.2 Å². The number of phenols is 1. The Kier molecular flexibility index (Phi) is 2.36. The lowest BCUT2D eigenvalue weighted by Crippen LogP contribution is -1.83. The van der Waals surface area contributed by atoms with Gasteiger partial charge in [0.2, 0.25) is 0 Å². The van der Waals surface area contributed by atoms with Crippen LogP contribution >= 0.6 is 15.9 Å². The number of aromatic hydroxyl groups is 1. The minimum Gasteiger partial charge on any atom is -0.507 e. The molecule has 4 nitrogen and oxygen atoms in total. The summed E-state index contributed by atoms with van der Waals surface area (Å²) >= 11 is 3.03. The molecule has 0 radical (unpaired) electrons. The first-order chi connectivity index (χ1) is 7.08. The van der Waals surface area contributed by atoms with Crippen LogP contribution in [0.15, 0.2) is 22.7 Å². The fourth-order valence-electron chi connectivity index (χ4n) is 1.23. The second kappa shape index (κ2) is 3.54. The van der Waals surface area contributed by atoms with Gasteiger partial charge in [-0.15, -0.1) is 0 Å². The highest BCUT2D eigenvalue weighted by molar-refractivity contribution is 9.10. The topological polar surface area (TPSA) is 74.9 Å². The van der Waals surface area contributed by atoms with Crippen LogP contribution in [-0.2, 0) is 0 Å². The third kappa shape index (κ3) is 1.80. The van der Waals surface area contributed by atoms with Gasteiger partial charge in [-0.2, -0.15) is 5.10 Å². The summed E-state index contributed by atoms with van der Waals surface area (Å²) in [6.45, 7) is 0. The quantitative estimate of drug-likeness (QED) is 0.745. The van der Waals surface area contributed by atoms with Crippen LogP contribution in [0.3, 0.4) is 0 Å². The minimum absolute atomic E-state index is 0.167. The molecule has 0 atom stereocenters. The first-order valence-electron chi connectivity index (χ1n) is 4.07. The number of rotatable bonds is 1. The summed E-state index contributed by atoms with van der Waals surface area (Å²) < 4.78 is 13.3. The highest BCUT2D eigenvalue weighted by Crippen LogP contribution is 2.32. The van der Waals surface area contributed by atoms with Crippen molar-refractivity contribution in [2.75, 3.05) is 5.73 Å². The number of hydrogen-bond donors (Lipinski definition) is 3. The number of H-pyrrole nitrogens is 1. The van der Waals surface area contributed by atoms with Gasteiger partial charge in [-0.1, -0.05) is 0 Å². The lowest BCUT2D eigenvalue weighted by Gasteiger charge is -2.03. The number of halogens is 2. The van der Waals surface area contributed by atoms with Crippen molar-refractivity contribution in [3.8, 4) is 17.0 Å². The van der Waals surface area contributed by atoms with E-state index in [1.54, 1.807) is 6.07 Å². The fraction of sp³-hybridized carbons (Fsp3) is 0. The predicted octanol–water partition coefficient (Wildman–Crippen LogP) is 2.27. The Morgan fingerprint density at radius 1 is 1.40 bits per heavy atom. The predicted molar refractivity (Wildman–Crippen MR) is 57.8 cm³/mol. The number of nitrogens with two attached hydrogens (primary N) is 1. The van der Waals surface area contributed by atoms with Crippen LogP contribution < -0.4 is 5.73 Å². The Bertz CT molecular complexity index is 512. The van der Waals surface area contributed by atoms with Crippen molar-refractivity contribution in [1.29, 1.82) is 0 Å². The fourth-order valence-corrected chi connectivity index (χ4v) is 1.57. The van der Waals surface area contributed by atoms with Gasteiger partial charge in [0.25, 0.3) is 0 Å². The smallest absolute Gasteiger partial charge is 0.145 e. The van der Waals surface area contributed by atoms with Crippen molar-refractivity contribution in [3.63, 3.8) is 0 Å². The molecule has 1 aromatic carbocycles. The number of phenolic OH excluding ortho intramolecular Hbond substituents is 1. The van der Waals surface area contributed by atoms with Gasteiger partial charge in [0, 0.05) is 17.7 Å². The van der Waals surface area contributed by atoms with E-state index in [9.17, 15) is 9.50 Å². The molecular weight excluding hydrogens is 265 g/mol. The number of nitrogen functional groups attached to an aromatic ring is 1. The zero-order valence-corrected chi connectivity index (χ0v) is 9.05.